The van der Waals surface area contributed by atoms with Gasteiger partial charge in [-0.05, 0) is 24.6 Å². The molecule has 88 valence electrons. The van der Waals surface area contributed by atoms with Crippen LogP contribution in [0.1, 0.15) is 19.8 Å². The van der Waals surface area contributed by atoms with E-state index in [4.69, 9.17) is 16.7 Å². The lowest BCUT2D eigenvalue weighted by Gasteiger charge is -2.16. The molecular formula is C11H13BrClNO2. The van der Waals surface area contributed by atoms with Crippen LogP contribution in [0.5, 0.6) is 0 Å². The van der Waals surface area contributed by atoms with E-state index in [-0.39, 0.29) is 0 Å². The fourth-order valence-corrected chi connectivity index (χ4v) is 2.07. The number of carboxylic acids is 1. The van der Waals surface area contributed by atoms with Gasteiger partial charge in [-0.3, -0.25) is 0 Å². The van der Waals surface area contributed by atoms with Gasteiger partial charge in [-0.2, -0.15) is 0 Å². The van der Waals surface area contributed by atoms with Gasteiger partial charge in [0.2, 0.25) is 0 Å². The van der Waals surface area contributed by atoms with Crippen LogP contribution in [0.4, 0.5) is 5.69 Å². The van der Waals surface area contributed by atoms with Gasteiger partial charge in [-0.15, -0.1) is 0 Å². The van der Waals surface area contributed by atoms with E-state index in [9.17, 15) is 4.79 Å². The maximum atomic E-state index is 11.0. The minimum atomic E-state index is -0.860. The first-order valence-corrected chi connectivity index (χ1v) is 6.16. The molecule has 1 unspecified atom stereocenters. The van der Waals surface area contributed by atoms with E-state index in [0.717, 1.165) is 10.9 Å². The van der Waals surface area contributed by atoms with Gasteiger partial charge in [-0.25, -0.2) is 4.79 Å². The van der Waals surface area contributed by atoms with Gasteiger partial charge in [0.05, 0.1) is 10.7 Å². The predicted molar refractivity (Wildman–Crippen MR) is 69.1 cm³/mol. The molecule has 1 atom stereocenters. The van der Waals surface area contributed by atoms with Gasteiger partial charge in [-0.1, -0.05) is 40.9 Å². The van der Waals surface area contributed by atoms with Crippen LogP contribution in [0.3, 0.4) is 0 Å². The Morgan fingerprint density at radius 3 is 2.81 bits per heavy atom. The van der Waals surface area contributed by atoms with E-state index in [1.54, 1.807) is 12.1 Å². The summed E-state index contributed by atoms with van der Waals surface area (Å²) in [5.74, 6) is -0.860. The lowest BCUT2D eigenvalue weighted by molar-refractivity contribution is -0.138. The highest BCUT2D eigenvalue weighted by Crippen LogP contribution is 2.26. The van der Waals surface area contributed by atoms with Crippen molar-refractivity contribution >= 4 is 39.2 Å². The smallest absolute Gasteiger partial charge is 0.326 e. The summed E-state index contributed by atoms with van der Waals surface area (Å²) in [5.41, 5.74) is 0.644. The first kappa shape index (κ1) is 13.3. The summed E-state index contributed by atoms with van der Waals surface area (Å²) in [4.78, 5) is 11.0. The molecule has 0 fully saturated rings. The topological polar surface area (TPSA) is 49.3 Å². The molecular weight excluding hydrogens is 293 g/mol. The average molecular weight is 307 g/mol. The maximum Gasteiger partial charge on any atom is 0.326 e. The molecule has 0 aliphatic carbocycles. The number of hydrogen-bond donors (Lipinski definition) is 2. The molecule has 0 bridgehead atoms. The first-order chi connectivity index (χ1) is 7.54. The Balaban J connectivity index is 2.81. The number of nitrogens with one attached hydrogen (secondary N) is 1. The van der Waals surface area contributed by atoms with Crippen LogP contribution in [0.25, 0.3) is 0 Å². The molecule has 1 aromatic rings. The van der Waals surface area contributed by atoms with Gasteiger partial charge < -0.3 is 10.4 Å². The number of carbonyl (C=O) groups is 1. The standard InChI is InChI=1S/C11H13BrClNO2/c1-2-3-10(11(15)16)14-9-5-4-7(12)6-8(9)13/h4-6,10,14H,2-3H2,1H3,(H,15,16). The molecule has 16 heavy (non-hydrogen) atoms. The quantitative estimate of drug-likeness (QED) is 0.870. The van der Waals surface area contributed by atoms with Gasteiger partial charge in [0.1, 0.15) is 6.04 Å². The fourth-order valence-electron chi connectivity index (χ4n) is 1.34. The van der Waals surface area contributed by atoms with Crippen molar-refractivity contribution in [2.24, 2.45) is 0 Å². The van der Waals surface area contributed by atoms with Crippen LogP contribution < -0.4 is 5.32 Å². The Kier molecular flexibility index (Phi) is 5.09. The largest absolute Gasteiger partial charge is 0.480 e. The second-order valence-corrected chi connectivity index (χ2v) is 4.77. The molecule has 0 radical (unpaired) electrons. The van der Waals surface area contributed by atoms with Crippen molar-refractivity contribution in [2.75, 3.05) is 5.32 Å². The van der Waals surface area contributed by atoms with Gasteiger partial charge in [0, 0.05) is 4.47 Å². The van der Waals surface area contributed by atoms with Crippen molar-refractivity contribution in [3.05, 3.63) is 27.7 Å². The summed E-state index contributed by atoms with van der Waals surface area (Å²) in [6, 6.07) is 4.72. The van der Waals surface area contributed by atoms with Gasteiger partial charge >= 0.3 is 5.97 Å². The maximum absolute atomic E-state index is 11.0. The molecule has 0 spiro atoms. The summed E-state index contributed by atoms with van der Waals surface area (Å²) in [6.45, 7) is 1.95. The second kappa shape index (κ2) is 6.11. The highest BCUT2D eigenvalue weighted by atomic mass is 79.9. The third-order valence-corrected chi connectivity index (χ3v) is 2.94. The molecule has 1 rings (SSSR count). The Morgan fingerprint density at radius 1 is 1.62 bits per heavy atom. The van der Waals surface area contributed by atoms with Crippen molar-refractivity contribution in [1.82, 2.24) is 0 Å². The van der Waals surface area contributed by atoms with Crippen molar-refractivity contribution < 1.29 is 9.90 Å². The van der Waals surface area contributed by atoms with Crippen molar-refractivity contribution in [3.8, 4) is 0 Å². The molecule has 2 N–H and O–H groups in total. The Labute approximate surface area is 108 Å². The zero-order valence-corrected chi connectivity index (χ0v) is 11.2. The number of halogens is 2. The molecule has 0 saturated carbocycles. The van der Waals surface area contributed by atoms with Gasteiger partial charge in [0.15, 0.2) is 0 Å². The first-order valence-electron chi connectivity index (χ1n) is 4.99. The number of benzene rings is 1. The third-order valence-electron chi connectivity index (χ3n) is 2.14. The SMILES string of the molecule is CCCC(Nc1ccc(Br)cc1Cl)C(=O)O. The Hall–Kier alpha value is -0.740. The van der Waals surface area contributed by atoms with E-state index in [2.05, 4.69) is 21.2 Å². The van der Waals surface area contributed by atoms with Crippen LogP contribution in [-0.2, 0) is 4.79 Å². The molecule has 0 heterocycles. The summed E-state index contributed by atoms with van der Waals surface area (Å²) < 4.78 is 0.866. The van der Waals surface area contributed by atoms with Crippen molar-refractivity contribution in [3.63, 3.8) is 0 Å². The molecule has 3 nitrogen and oxygen atoms in total. The lowest BCUT2D eigenvalue weighted by atomic mass is 10.1. The molecule has 0 aliphatic rings. The molecule has 0 amide bonds. The molecule has 1 aromatic carbocycles. The number of aliphatic carboxylic acids is 1. The van der Waals surface area contributed by atoms with Gasteiger partial charge in [0.25, 0.3) is 0 Å². The van der Waals surface area contributed by atoms with E-state index < -0.39 is 12.0 Å². The van der Waals surface area contributed by atoms with Crippen LogP contribution in [0.2, 0.25) is 5.02 Å². The van der Waals surface area contributed by atoms with Crippen LogP contribution in [0, 0.1) is 0 Å². The summed E-state index contributed by atoms with van der Waals surface area (Å²) in [7, 11) is 0. The predicted octanol–water partition coefficient (Wildman–Crippen LogP) is 3.77. The average Bonchev–Trinajstić information content (AvgIpc) is 2.20. The second-order valence-electron chi connectivity index (χ2n) is 3.45. The number of rotatable bonds is 5. The molecule has 0 aliphatic heterocycles. The fraction of sp³-hybridized carbons (Fsp3) is 0.364. The Morgan fingerprint density at radius 2 is 2.31 bits per heavy atom. The van der Waals surface area contributed by atoms with Crippen LogP contribution >= 0.6 is 27.5 Å². The van der Waals surface area contributed by atoms with E-state index >= 15 is 0 Å². The van der Waals surface area contributed by atoms with Crippen molar-refractivity contribution in [1.29, 1.82) is 0 Å². The summed E-state index contributed by atoms with van der Waals surface area (Å²) in [5, 5.41) is 12.4. The summed E-state index contributed by atoms with van der Waals surface area (Å²) in [6.07, 6.45) is 1.37. The molecule has 0 aromatic heterocycles. The minimum Gasteiger partial charge on any atom is -0.480 e. The highest BCUT2D eigenvalue weighted by molar-refractivity contribution is 9.10. The summed E-state index contributed by atoms with van der Waals surface area (Å²) >= 11 is 9.29. The minimum absolute atomic E-state index is 0.511. The van der Waals surface area contributed by atoms with E-state index in [1.807, 2.05) is 13.0 Å². The van der Waals surface area contributed by atoms with E-state index in [0.29, 0.717) is 17.1 Å². The number of anilines is 1. The zero-order valence-electron chi connectivity index (χ0n) is 8.84. The molecule has 0 saturated heterocycles. The van der Waals surface area contributed by atoms with E-state index in [1.165, 1.54) is 0 Å². The monoisotopic (exact) mass is 305 g/mol. The highest BCUT2D eigenvalue weighted by Gasteiger charge is 2.16. The number of carboxylic acid groups (broad SMARTS) is 1. The number of hydrogen-bond acceptors (Lipinski definition) is 2. The van der Waals surface area contributed by atoms with Crippen molar-refractivity contribution in [2.45, 2.75) is 25.8 Å². The third kappa shape index (κ3) is 3.68. The zero-order chi connectivity index (χ0) is 12.1. The van der Waals surface area contributed by atoms with Crippen LogP contribution in [-0.4, -0.2) is 17.1 Å². The lowest BCUT2D eigenvalue weighted by Crippen LogP contribution is -2.29. The molecule has 5 heteroatoms. The van der Waals surface area contributed by atoms with Crippen LogP contribution in [0.15, 0.2) is 22.7 Å². The Bertz CT molecular complexity index is 384. The normalized spacial score (nSPS) is 12.2.